The van der Waals surface area contributed by atoms with Gasteiger partial charge in [-0.2, -0.15) is 5.10 Å². The number of nitrogens with zero attached hydrogens (tertiary/aromatic N) is 4. The third-order valence-corrected chi connectivity index (χ3v) is 5.42. The van der Waals surface area contributed by atoms with Crippen LogP contribution >= 0.6 is 0 Å². The van der Waals surface area contributed by atoms with E-state index in [2.05, 4.69) is 70.8 Å². The van der Waals surface area contributed by atoms with Gasteiger partial charge >= 0.3 is 0 Å². The van der Waals surface area contributed by atoms with Gasteiger partial charge in [-0.05, 0) is 44.4 Å². The van der Waals surface area contributed by atoms with Crippen LogP contribution in [-0.2, 0) is 6.42 Å². The Balaban J connectivity index is 2.10. The molecule has 0 aliphatic carbocycles. The predicted octanol–water partition coefficient (Wildman–Crippen LogP) is 3.89. The molecular formula is C23H34N4O. The number of carbonyl (C=O) groups is 1. The fraction of sp³-hybridized carbons (Fsp3) is 0.565. The van der Waals surface area contributed by atoms with Gasteiger partial charge in [0.05, 0.1) is 22.6 Å². The number of carbonyl (C=O) groups excluding carboxylic acids is 1. The predicted molar refractivity (Wildman–Crippen MR) is 114 cm³/mol. The highest BCUT2D eigenvalue weighted by atomic mass is 16.2. The lowest BCUT2D eigenvalue weighted by Gasteiger charge is -2.32. The van der Waals surface area contributed by atoms with Crippen molar-refractivity contribution in [1.82, 2.24) is 19.6 Å². The van der Waals surface area contributed by atoms with E-state index in [1.807, 2.05) is 9.58 Å². The minimum atomic E-state index is 0.144. The lowest BCUT2D eigenvalue weighted by Crippen LogP contribution is -2.47. The van der Waals surface area contributed by atoms with Crippen LogP contribution in [-0.4, -0.2) is 58.7 Å². The highest BCUT2D eigenvalue weighted by Gasteiger charge is 2.30. The van der Waals surface area contributed by atoms with Crippen LogP contribution in [0.25, 0.3) is 5.69 Å². The molecule has 1 fully saturated rings. The molecule has 0 spiro atoms. The molecule has 152 valence electrons. The summed E-state index contributed by atoms with van der Waals surface area (Å²) in [6, 6.07) is 8.39. The zero-order valence-electron chi connectivity index (χ0n) is 18.2. The maximum Gasteiger partial charge on any atom is 0.257 e. The molecule has 1 aliphatic rings. The van der Waals surface area contributed by atoms with Crippen molar-refractivity contribution in [3.63, 3.8) is 0 Å². The van der Waals surface area contributed by atoms with Crippen molar-refractivity contribution in [3.8, 4) is 5.69 Å². The Morgan fingerprint density at radius 3 is 2.18 bits per heavy atom. The van der Waals surface area contributed by atoms with Gasteiger partial charge < -0.3 is 9.80 Å². The third-order valence-electron chi connectivity index (χ3n) is 5.42. The minimum absolute atomic E-state index is 0.144. The monoisotopic (exact) mass is 382 g/mol. The Hall–Kier alpha value is -2.14. The normalized spacial score (nSPS) is 15.6. The molecule has 1 aliphatic heterocycles. The fourth-order valence-electron chi connectivity index (χ4n) is 3.82. The molecule has 5 heteroatoms. The van der Waals surface area contributed by atoms with E-state index in [-0.39, 0.29) is 11.8 Å². The molecule has 28 heavy (non-hydrogen) atoms. The molecule has 0 saturated carbocycles. The number of rotatable bonds is 5. The minimum Gasteiger partial charge on any atom is -0.336 e. The molecule has 1 aromatic heterocycles. The SMILES string of the molecule is Cc1ccc(-n2nc(CC(C)C)c(C(=O)N3CCN(C)CC3)c2C(C)C)cc1. The molecular weight excluding hydrogens is 348 g/mol. The second-order valence-electron chi connectivity index (χ2n) is 8.80. The average Bonchev–Trinajstić information content (AvgIpc) is 3.01. The number of amides is 1. The van der Waals surface area contributed by atoms with Crippen molar-refractivity contribution in [2.24, 2.45) is 5.92 Å². The van der Waals surface area contributed by atoms with Gasteiger partial charge in [-0.1, -0.05) is 45.4 Å². The van der Waals surface area contributed by atoms with Gasteiger partial charge in [0.15, 0.2) is 0 Å². The number of aromatic nitrogens is 2. The number of benzene rings is 1. The lowest BCUT2D eigenvalue weighted by molar-refractivity contribution is 0.0661. The summed E-state index contributed by atoms with van der Waals surface area (Å²) in [4.78, 5) is 17.9. The number of hydrogen-bond donors (Lipinski definition) is 0. The highest BCUT2D eigenvalue weighted by molar-refractivity contribution is 5.97. The Morgan fingerprint density at radius 2 is 1.64 bits per heavy atom. The van der Waals surface area contributed by atoms with E-state index < -0.39 is 0 Å². The summed E-state index contributed by atoms with van der Waals surface area (Å²) in [5.74, 6) is 0.798. The molecule has 1 amide bonds. The quantitative estimate of drug-likeness (QED) is 0.788. The van der Waals surface area contributed by atoms with Gasteiger partial charge in [0, 0.05) is 26.2 Å². The summed E-state index contributed by atoms with van der Waals surface area (Å²) in [6.07, 6.45) is 0.813. The van der Waals surface area contributed by atoms with Crippen LogP contribution in [0.4, 0.5) is 0 Å². The maximum absolute atomic E-state index is 13.6. The summed E-state index contributed by atoms with van der Waals surface area (Å²) >= 11 is 0. The number of hydrogen-bond acceptors (Lipinski definition) is 3. The number of likely N-dealkylation sites (N-methyl/N-ethyl adjacent to an activating group) is 1. The summed E-state index contributed by atoms with van der Waals surface area (Å²) in [7, 11) is 2.11. The van der Waals surface area contributed by atoms with Gasteiger partial charge in [0.25, 0.3) is 5.91 Å². The van der Waals surface area contributed by atoms with E-state index >= 15 is 0 Å². The largest absolute Gasteiger partial charge is 0.336 e. The van der Waals surface area contributed by atoms with Crippen molar-refractivity contribution < 1.29 is 4.79 Å². The molecule has 0 unspecified atom stereocenters. The fourth-order valence-corrected chi connectivity index (χ4v) is 3.82. The first kappa shape index (κ1) is 20.6. The molecule has 5 nitrogen and oxygen atoms in total. The molecule has 0 N–H and O–H groups in total. The van der Waals surface area contributed by atoms with Crippen molar-refractivity contribution in [3.05, 3.63) is 46.8 Å². The first-order valence-electron chi connectivity index (χ1n) is 10.4. The van der Waals surface area contributed by atoms with E-state index in [4.69, 9.17) is 5.10 Å². The van der Waals surface area contributed by atoms with Crippen LogP contribution in [0.1, 0.15) is 60.9 Å². The van der Waals surface area contributed by atoms with E-state index in [1.54, 1.807) is 0 Å². The molecule has 1 aromatic carbocycles. The highest BCUT2D eigenvalue weighted by Crippen LogP contribution is 2.29. The van der Waals surface area contributed by atoms with Crippen LogP contribution < -0.4 is 0 Å². The second kappa shape index (κ2) is 8.48. The summed E-state index contributed by atoms with van der Waals surface area (Å²) < 4.78 is 2.01. The molecule has 2 heterocycles. The first-order valence-corrected chi connectivity index (χ1v) is 10.4. The Labute approximate surface area is 169 Å². The standard InChI is InChI=1S/C23H34N4O/c1-16(2)15-20-21(23(28)26-13-11-25(6)12-14-26)22(17(3)4)27(24-20)19-9-7-18(5)8-10-19/h7-10,16-17H,11-15H2,1-6H3. The van der Waals surface area contributed by atoms with Crippen molar-refractivity contribution in [2.75, 3.05) is 33.2 Å². The maximum atomic E-state index is 13.6. The van der Waals surface area contributed by atoms with Gasteiger partial charge in [-0.25, -0.2) is 4.68 Å². The summed E-state index contributed by atoms with van der Waals surface area (Å²) in [6.45, 7) is 14.2. The summed E-state index contributed by atoms with van der Waals surface area (Å²) in [5.41, 5.74) is 5.04. The van der Waals surface area contributed by atoms with E-state index in [1.165, 1.54) is 5.56 Å². The van der Waals surface area contributed by atoms with E-state index in [0.717, 1.165) is 55.2 Å². The van der Waals surface area contributed by atoms with Crippen molar-refractivity contribution in [2.45, 2.75) is 47.0 Å². The average molecular weight is 383 g/mol. The molecule has 0 radical (unpaired) electrons. The zero-order chi connectivity index (χ0) is 20.4. The van der Waals surface area contributed by atoms with Crippen molar-refractivity contribution in [1.29, 1.82) is 0 Å². The molecule has 0 bridgehead atoms. The molecule has 2 aromatic rings. The van der Waals surface area contributed by atoms with E-state index in [9.17, 15) is 4.79 Å². The summed E-state index contributed by atoms with van der Waals surface area (Å²) in [5, 5.41) is 4.96. The van der Waals surface area contributed by atoms with Crippen molar-refractivity contribution >= 4 is 5.91 Å². The smallest absolute Gasteiger partial charge is 0.257 e. The van der Waals surface area contributed by atoms with Gasteiger partial charge in [-0.3, -0.25) is 4.79 Å². The lowest BCUT2D eigenvalue weighted by atomic mass is 9.97. The van der Waals surface area contributed by atoms with Crippen LogP contribution in [0, 0.1) is 12.8 Å². The van der Waals surface area contributed by atoms with Crippen LogP contribution in [0.5, 0.6) is 0 Å². The van der Waals surface area contributed by atoms with Crippen LogP contribution in [0.3, 0.4) is 0 Å². The Kier molecular flexibility index (Phi) is 6.23. The molecule has 0 atom stereocenters. The Bertz CT molecular complexity index is 812. The zero-order valence-corrected chi connectivity index (χ0v) is 18.2. The number of piperazine rings is 1. The van der Waals surface area contributed by atoms with Gasteiger partial charge in [-0.15, -0.1) is 0 Å². The molecule has 3 rings (SSSR count). The Morgan fingerprint density at radius 1 is 1.04 bits per heavy atom. The number of aryl methyl sites for hydroxylation is 1. The topological polar surface area (TPSA) is 41.4 Å². The van der Waals surface area contributed by atoms with Crippen LogP contribution in [0.15, 0.2) is 24.3 Å². The van der Waals surface area contributed by atoms with Gasteiger partial charge in [0.2, 0.25) is 0 Å². The third kappa shape index (κ3) is 4.30. The van der Waals surface area contributed by atoms with E-state index in [0.29, 0.717) is 5.92 Å². The van der Waals surface area contributed by atoms with Crippen LogP contribution in [0.2, 0.25) is 0 Å². The molecule has 1 saturated heterocycles. The second-order valence-corrected chi connectivity index (χ2v) is 8.80. The first-order chi connectivity index (χ1) is 13.3. The van der Waals surface area contributed by atoms with Gasteiger partial charge in [0.1, 0.15) is 0 Å².